The Bertz CT molecular complexity index is 323. The van der Waals surface area contributed by atoms with Crippen LogP contribution in [0.15, 0.2) is 18.2 Å². The zero-order valence-electron chi connectivity index (χ0n) is 9.63. The third-order valence-electron chi connectivity index (χ3n) is 2.64. The molecular formula is C12H19FN2. The lowest BCUT2D eigenvalue weighted by Gasteiger charge is -2.21. The molecule has 1 aromatic rings. The molecule has 0 spiro atoms. The first-order valence-electron chi connectivity index (χ1n) is 5.22. The van der Waals surface area contributed by atoms with Crippen molar-refractivity contribution >= 4 is 0 Å². The summed E-state index contributed by atoms with van der Waals surface area (Å²) in [5, 5.41) is 0. The maximum Gasteiger partial charge on any atom is 0.127 e. The Morgan fingerprint density at radius 2 is 2.07 bits per heavy atom. The quantitative estimate of drug-likeness (QED) is 0.825. The van der Waals surface area contributed by atoms with Gasteiger partial charge < -0.3 is 5.73 Å². The first kappa shape index (κ1) is 12.1. The number of halogens is 1. The fourth-order valence-electron chi connectivity index (χ4n) is 1.35. The van der Waals surface area contributed by atoms with Gasteiger partial charge in [0, 0.05) is 24.7 Å². The Balaban J connectivity index is 2.78. The third-order valence-corrected chi connectivity index (χ3v) is 2.64. The number of hydrogen-bond acceptors (Lipinski definition) is 2. The molecule has 0 radical (unpaired) electrons. The molecule has 0 saturated carbocycles. The van der Waals surface area contributed by atoms with Crippen molar-refractivity contribution in [2.24, 2.45) is 5.73 Å². The van der Waals surface area contributed by atoms with Crippen molar-refractivity contribution in [3.8, 4) is 0 Å². The summed E-state index contributed by atoms with van der Waals surface area (Å²) in [6.45, 7) is 5.34. The van der Waals surface area contributed by atoms with Gasteiger partial charge in [0.25, 0.3) is 0 Å². The second-order valence-electron chi connectivity index (χ2n) is 4.14. The van der Waals surface area contributed by atoms with Crippen molar-refractivity contribution in [2.45, 2.75) is 33.0 Å². The van der Waals surface area contributed by atoms with E-state index in [0.717, 1.165) is 12.1 Å². The summed E-state index contributed by atoms with van der Waals surface area (Å²) in [4.78, 5) is 2.20. The predicted molar refractivity (Wildman–Crippen MR) is 60.9 cm³/mol. The molecular weight excluding hydrogens is 191 g/mol. The van der Waals surface area contributed by atoms with Crippen LogP contribution in [0.25, 0.3) is 0 Å². The molecule has 1 rings (SSSR count). The van der Waals surface area contributed by atoms with Crippen LogP contribution in [0.2, 0.25) is 0 Å². The fraction of sp³-hybridized carbons (Fsp3) is 0.500. The van der Waals surface area contributed by atoms with Crippen molar-refractivity contribution in [1.82, 2.24) is 4.90 Å². The second-order valence-corrected chi connectivity index (χ2v) is 4.14. The van der Waals surface area contributed by atoms with Crippen LogP contribution in [0.3, 0.4) is 0 Å². The molecule has 0 bridgehead atoms. The summed E-state index contributed by atoms with van der Waals surface area (Å²) < 4.78 is 13.2. The minimum absolute atomic E-state index is 0.214. The van der Waals surface area contributed by atoms with Crippen LogP contribution in [0, 0.1) is 5.82 Å². The zero-order valence-corrected chi connectivity index (χ0v) is 9.63. The minimum Gasteiger partial charge on any atom is -0.326 e. The summed E-state index contributed by atoms with van der Waals surface area (Å²) in [5.41, 5.74) is 7.15. The van der Waals surface area contributed by atoms with Crippen molar-refractivity contribution in [3.05, 3.63) is 35.1 Å². The van der Waals surface area contributed by atoms with Gasteiger partial charge in [-0.05, 0) is 32.5 Å². The highest BCUT2D eigenvalue weighted by molar-refractivity contribution is 5.24. The molecule has 0 aliphatic heterocycles. The molecule has 84 valence electrons. The van der Waals surface area contributed by atoms with Gasteiger partial charge in [-0.1, -0.05) is 12.1 Å². The van der Waals surface area contributed by atoms with Crippen LogP contribution in [-0.4, -0.2) is 18.0 Å². The Morgan fingerprint density at radius 1 is 1.40 bits per heavy atom. The van der Waals surface area contributed by atoms with Crippen LogP contribution in [0.5, 0.6) is 0 Å². The molecule has 2 nitrogen and oxygen atoms in total. The van der Waals surface area contributed by atoms with Crippen LogP contribution in [0.1, 0.15) is 25.0 Å². The lowest BCUT2D eigenvalue weighted by Crippen LogP contribution is -2.25. The molecule has 0 fully saturated rings. The second kappa shape index (κ2) is 5.24. The Hall–Kier alpha value is -0.930. The largest absolute Gasteiger partial charge is 0.326 e. The molecule has 0 aliphatic rings. The Labute approximate surface area is 90.9 Å². The summed E-state index contributed by atoms with van der Waals surface area (Å²) in [6.07, 6.45) is 0. The van der Waals surface area contributed by atoms with E-state index in [9.17, 15) is 4.39 Å². The number of rotatable bonds is 4. The van der Waals surface area contributed by atoms with Gasteiger partial charge in [0.1, 0.15) is 5.82 Å². The fourth-order valence-corrected chi connectivity index (χ4v) is 1.35. The lowest BCUT2D eigenvalue weighted by atomic mass is 10.1. The van der Waals surface area contributed by atoms with E-state index in [0.29, 0.717) is 11.6 Å². The van der Waals surface area contributed by atoms with Gasteiger partial charge in [0.15, 0.2) is 0 Å². The van der Waals surface area contributed by atoms with E-state index < -0.39 is 0 Å². The van der Waals surface area contributed by atoms with Gasteiger partial charge >= 0.3 is 0 Å². The highest BCUT2D eigenvalue weighted by Gasteiger charge is 2.06. The molecule has 1 aromatic carbocycles. The van der Waals surface area contributed by atoms with Crippen molar-refractivity contribution < 1.29 is 4.39 Å². The van der Waals surface area contributed by atoms with Crippen LogP contribution in [-0.2, 0) is 13.1 Å². The maximum absolute atomic E-state index is 13.2. The van der Waals surface area contributed by atoms with Crippen LogP contribution in [0.4, 0.5) is 4.39 Å². The number of nitrogens with two attached hydrogens (primary N) is 1. The van der Waals surface area contributed by atoms with E-state index in [1.807, 2.05) is 12.1 Å². The first-order chi connectivity index (χ1) is 7.04. The van der Waals surface area contributed by atoms with Gasteiger partial charge in [0.2, 0.25) is 0 Å². The molecule has 0 aromatic heterocycles. The molecule has 15 heavy (non-hydrogen) atoms. The monoisotopic (exact) mass is 210 g/mol. The van der Waals surface area contributed by atoms with Gasteiger partial charge in [-0.15, -0.1) is 0 Å². The van der Waals surface area contributed by atoms with E-state index >= 15 is 0 Å². The summed E-state index contributed by atoms with van der Waals surface area (Å²) in [6, 6.07) is 5.63. The average Bonchev–Trinajstić information content (AvgIpc) is 2.20. The third kappa shape index (κ3) is 3.29. The predicted octanol–water partition coefficient (Wildman–Crippen LogP) is 2.12. The van der Waals surface area contributed by atoms with Gasteiger partial charge in [-0.25, -0.2) is 4.39 Å². The molecule has 0 amide bonds. The summed E-state index contributed by atoms with van der Waals surface area (Å²) >= 11 is 0. The zero-order chi connectivity index (χ0) is 11.4. The highest BCUT2D eigenvalue weighted by Crippen LogP contribution is 2.12. The average molecular weight is 210 g/mol. The summed E-state index contributed by atoms with van der Waals surface area (Å²) in [7, 11) is 2.05. The molecule has 0 heterocycles. The van der Waals surface area contributed by atoms with Gasteiger partial charge in [-0.3, -0.25) is 4.90 Å². The van der Waals surface area contributed by atoms with Crippen molar-refractivity contribution in [1.29, 1.82) is 0 Å². The van der Waals surface area contributed by atoms with E-state index in [1.165, 1.54) is 6.07 Å². The molecule has 0 saturated heterocycles. The van der Waals surface area contributed by atoms with E-state index in [-0.39, 0.29) is 12.4 Å². The molecule has 2 N–H and O–H groups in total. The number of hydrogen-bond donors (Lipinski definition) is 1. The lowest BCUT2D eigenvalue weighted by molar-refractivity contribution is 0.265. The Morgan fingerprint density at radius 3 is 2.60 bits per heavy atom. The molecule has 0 aliphatic carbocycles. The van der Waals surface area contributed by atoms with Crippen LogP contribution < -0.4 is 5.73 Å². The molecule has 3 heteroatoms. The number of benzene rings is 1. The Kier molecular flexibility index (Phi) is 4.24. The SMILES string of the molecule is CC(C)N(C)Cc1ccc(F)c(CN)c1. The first-order valence-corrected chi connectivity index (χ1v) is 5.22. The van der Waals surface area contributed by atoms with E-state index in [4.69, 9.17) is 5.73 Å². The maximum atomic E-state index is 13.2. The van der Waals surface area contributed by atoms with Crippen molar-refractivity contribution in [3.63, 3.8) is 0 Å². The normalized spacial score (nSPS) is 11.4. The summed E-state index contributed by atoms with van der Waals surface area (Å²) in [5.74, 6) is -0.214. The standard InChI is InChI=1S/C12H19FN2/c1-9(2)15(3)8-10-4-5-12(13)11(6-10)7-14/h4-6,9H,7-8,14H2,1-3H3. The minimum atomic E-state index is -0.214. The molecule has 0 unspecified atom stereocenters. The van der Waals surface area contributed by atoms with Crippen molar-refractivity contribution in [2.75, 3.05) is 7.05 Å². The van der Waals surface area contributed by atoms with E-state index in [1.54, 1.807) is 0 Å². The highest BCUT2D eigenvalue weighted by atomic mass is 19.1. The topological polar surface area (TPSA) is 29.3 Å². The van der Waals surface area contributed by atoms with E-state index in [2.05, 4.69) is 25.8 Å². The smallest absolute Gasteiger partial charge is 0.127 e. The van der Waals surface area contributed by atoms with Crippen LogP contribution >= 0.6 is 0 Å². The molecule has 0 atom stereocenters. The van der Waals surface area contributed by atoms with Gasteiger partial charge in [-0.2, -0.15) is 0 Å². The number of nitrogens with zero attached hydrogens (tertiary/aromatic N) is 1. The van der Waals surface area contributed by atoms with Gasteiger partial charge in [0.05, 0.1) is 0 Å².